The van der Waals surface area contributed by atoms with E-state index in [-0.39, 0.29) is 21.9 Å². The van der Waals surface area contributed by atoms with Gasteiger partial charge in [0.2, 0.25) is 0 Å². The molecule has 2 saturated heterocycles. The molecule has 22 heavy (non-hydrogen) atoms. The lowest BCUT2D eigenvalue weighted by molar-refractivity contribution is -0.0609. The summed E-state index contributed by atoms with van der Waals surface area (Å²) in [5.74, 6) is 0.581. The summed E-state index contributed by atoms with van der Waals surface area (Å²) >= 11 is 0. The molecule has 130 valence electrons. The number of likely N-dealkylation sites (tertiary alicyclic amines) is 1. The van der Waals surface area contributed by atoms with Gasteiger partial charge in [0.25, 0.3) is 0 Å². The van der Waals surface area contributed by atoms with Gasteiger partial charge in [0.05, 0.1) is 6.17 Å². The largest absolute Gasteiger partial charge is 0.299 e. The number of hydrogen-bond donors (Lipinski definition) is 2. The normalized spacial score (nSPS) is 43.2. The summed E-state index contributed by atoms with van der Waals surface area (Å²) in [4.78, 5) is 2.64. The van der Waals surface area contributed by atoms with Crippen molar-refractivity contribution in [3.05, 3.63) is 0 Å². The molecule has 0 aromatic carbocycles. The quantitative estimate of drug-likeness (QED) is 0.717. The van der Waals surface area contributed by atoms with Crippen LogP contribution in [-0.4, -0.2) is 41.3 Å². The average Bonchev–Trinajstić information content (AvgIpc) is 2.36. The molecule has 2 rings (SSSR count). The maximum atomic E-state index is 3.91. The van der Waals surface area contributed by atoms with E-state index in [4.69, 9.17) is 0 Å². The Kier molecular flexibility index (Phi) is 4.09. The van der Waals surface area contributed by atoms with Crippen molar-refractivity contribution in [1.29, 1.82) is 0 Å². The van der Waals surface area contributed by atoms with Gasteiger partial charge in [-0.3, -0.25) is 15.5 Å². The Hall–Kier alpha value is -0.120. The molecule has 4 atom stereocenters. The summed E-state index contributed by atoms with van der Waals surface area (Å²) in [5.41, 5.74) is 0.585. The van der Waals surface area contributed by atoms with Gasteiger partial charge in [0, 0.05) is 23.2 Å². The Morgan fingerprint density at radius 3 is 1.68 bits per heavy atom. The Morgan fingerprint density at radius 1 is 0.727 bits per heavy atom. The number of fused-ring (bicyclic) bond motifs is 1. The van der Waals surface area contributed by atoms with Crippen LogP contribution in [0.5, 0.6) is 0 Å². The smallest absolute Gasteiger partial charge is 0.0547 e. The fourth-order valence-electron chi connectivity index (χ4n) is 5.26. The molecular weight excluding hydrogens is 270 g/mol. The SMILES string of the molecule is CC1NC(C)C2C(N1)C(C)(C)C(C)(C)N(C)C(C)(C)C2(C)C. The zero-order valence-corrected chi connectivity index (χ0v) is 16.8. The van der Waals surface area contributed by atoms with E-state index >= 15 is 0 Å². The molecule has 0 aromatic heterocycles. The Balaban J connectivity index is 2.69. The summed E-state index contributed by atoms with van der Waals surface area (Å²) < 4.78 is 0. The Labute approximate surface area is 138 Å². The lowest BCUT2D eigenvalue weighted by atomic mass is 9.57. The zero-order chi connectivity index (χ0) is 17.3. The van der Waals surface area contributed by atoms with Gasteiger partial charge in [0.15, 0.2) is 0 Å². The standard InChI is InChI=1S/C19H39N3/c1-12-14-15(21-13(2)20-12)17(5,6)19(9,10)22(11)18(7,8)16(14,3)4/h12-15,20-21H,1-11H3. The van der Waals surface area contributed by atoms with Crippen molar-refractivity contribution >= 4 is 0 Å². The van der Waals surface area contributed by atoms with E-state index in [1.165, 1.54) is 0 Å². The van der Waals surface area contributed by atoms with Gasteiger partial charge < -0.3 is 0 Å². The monoisotopic (exact) mass is 309 g/mol. The van der Waals surface area contributed by atoms with Crippen molar-refractivity contribution in [2.24, 2.45) is 16.7 Å². The number of nitrogens with one attached hydrogen (secondary N) is 2. The first-order valence-corrected chi connectivity index (χ1v) is 8.95. The lowest BCUT2D eigenvalue weighted by Crippen LogP contribution is -2.70. The maximum Gasteiger partial charge on any atom is 0.0547 e. The predicted octanol–water partition coefficient (Wildman–Crippen LogP) is 3.45. The second-order valence-corrected chi connectivity index (χ2v) is 9.97. The van der Waals surface area contributed by atoms with Crippen molar-refractivity contribution in [3.8, 4) is 0 Å². The van der Waals surface area contributed by atoms with Gasteiger partial charge in [-0.05, 0) is 65.3 Å². The molecule has 0 saturated carbocycles. The van der Waals surface area contributed by atoms with Crippen LogP contribution in [0.1, 0.15) is 69.2 Å². The van der Waals surface area contributed by atoms with E-state index < -0.39 is 0 Å². The molecule has 0 aromatic rings. The van der Waals surface area contributed by atoms with Gasteiger partial charge in [-0.25, -0.2) is 0 Å². The highest BCUT2D eigenvalue weighted by Gasteiger charge is 2.63. The molecule has 3 nitrogen and oxygen atoms in total. The van der Waals surface area contributed by atoms with E-state index in [1.807, 2.05) is 0 Å². The van der Waals surface area contributed by atoms with Crippen LogP contribution in [0, 0.1) is 16.7 Å². The van der Waals surface area contributed by atoms with Crippen LogP contribution in [0.15, 0.2) is 0 Å². The summed E-state index contributed by atoms with van der Waals surface area (Å²) in [6.07, 6.45) is 0.369. The van der Waals surface area contributed by atoms with E-state index in [9.17, 15) is 0 Å². The van der Waals surface area contributed by atoms with Gasteiger partial charge in [-0.2, -0.15) is 0 Å². The topological polar surface area (TPSA) is 27.3 Å². The Bertz CT molecular complexity index is 436. The number of nitrogens with zero attached hydrogens (tertiary/aromatic N) is 1. The van der Waals surface area contributed by atoms with Crippen LogP contribution >= 0.6 is 0 Å². The molecule has 0 aliphatic carbocycles. The summed E-state index contributed by atoms with van der Waals surface area (Å²) in [6.45, 7) is 24.2. The van der Waals surface area contributed by atoms with Crippen molar-refractivity contribution in [2.45, 2.75) is 98.6 Å². The molecule has 2 aliphatic rings. The lowest BCUT2D eigenvalue weighted by Gasteiger charge is -2.56. The molecule has 0 spiro atoms. The molecule has 2 heterocycles. The molecule has 2 aliphatic heterocycles. The van der Waals surface area contributed by atoms with Crippen LogP contribution in [0.25, 0.3) is 0 Å². The highest BCUT2D eigenvalue weighted by atomic mass is 15.3. The summed E-state index contributed by atoms with van der Waals surface area (Å²) in [7, 11) is 2.32. The minimum atomic E-state index is 0.108. The van der Waals surface area contributed by atoms with Gasteiger partial charge >= 0.3 is 0 Å². The fraction of sp³-hybridized carbons (Fsp3) is 1.00. The van der Waals surface area contributed by atoms with Gasteiger partial charge in [-0.1, -0.05) is 27.7 Å². The van der Waals surface area contributed by atoms with E-state index in [0.717, 1.165) is 0 Å². The molecular formula is C19H39N3. The van der Waals surface area contributed by atoms with Crippen molar-refractivity contribution in [2.75, 3.05) is 7.05 Å². The van der Waals surface area contributed by atoms with Crippen LogP contribution < -0.4 is 10.6 Å². The first-order chi connectivity index (χ1) is 9.69. The van der Waals surface area contributed by atoms with Crippen LogP contribution in [0.2, 0.25) is 0 Å². The van der Waals surface area contributed by atoms with Gasteiger partial charge in [-0.15, -0.1) is 0 Å². The zero-order valence-electron chi connectivity index (χ0n) is 16.8. The molecule has 4 unspecified atom stereocenters. The highest BCUT2D eigenvalue weighted by molar-refractivity contribution is 5.18. The van der Waals surface area contributed by atoms with Crippen molar-refractivity contribution in [1.82, 2.24) is 15.5 Å². The predicted molar refractivity (Wildman–Crippen MR) is 96.0 cm³/mol. The summed E-state index contributed by atoms with van der Waals surface area (Å²) in [5, 5.41) is 7.66. The average molecular weight is 310 g/mol. The fourth-order valence-corrected chi connectivity index (χ4v) is 5.26. The van der Waals surface area contributed by atoms with E-state index in [0.29, 0.717) is 24.2 Å². The number of rotatable bonds is 0. The molecule has 3 heteroatoms. The van der Waals surface area contributed by atoms with Gasteiger partial charge in [0.1, 0.15) is 0 Å². The van der Waals surface area contributed by atoms with E-state index in [1.54, 1.807) is 0 Å². The highest BCUT2D eigenvalue weighted by Crippen LogP contribution is 2.57. The first-order valence-electron chi connectivity index (χ1n) is 8.95. The molecule has 0 amide bonds. The van der Waals surface area contributed by atoms with Crippen LogP contribution in [0.4, 0.5) is 0 Å². The minimum Gasteiger partial charge on any atom is -0.299 e. The summed E-state index contributed by atoms with van der Waals surface area (Å²) in [6, 6.07) is 1.00. The second kappa shape index (κ2) is 4.94. The van der Waals surface area contributed by atoms with E-state index in [2.05, 4.69) is 91.8 Å². The third-order valence-corrected chi connectivity index (χ3v) is 8.28. The maximum absolute atomic E-state index is 3.91. The third-order valence-electron chi connectivity index (χ3n) is 8.28. The van der Waals surface area contributed by atoms with Crippen molar-refractivity contribution < 1.29 is 0 Å². The molecule has 0 bridgehead atoms. The molecule has 0 radical (unpaired) electrons. The third kappa shape index (κ3) is 2.12. The van der Waals surface area contributed by atoms with Crippen molar-refractivity contribution in [3.63, 3.8) is 0 Å². The molecule has 2 N–H and O–H groups in total. The Morgan fingerprint density at radius 2 is 1.18 bits per heavy atom. The minimum absolute atomic E-state index is 0.108. The first kappa shape index (κ1) is 18.2. The molecule has 2 fully saturated rings. The number of hydrogen-bond acceptors (Lipinski definition) is 3. The van der Waals surface area contributed by atoms with Crippen LogP contribution in [-0.2, 0) is 0 Å². The van der Waals surface area contributed by atoms with Crippen LogP contribution in [0.3, 0.4) is 0 Å². The second-order valence-electron chi connectivity index (χ2n) is 9.97.